The van der Waals surface area contributed by atoms with E-state index in [0.717, 1.165) is 26.2 Å². The van der Waals surface area contributed by atoms with Gasteiger partial charge in [-0.3, -0.25) is 9.80 Å². The molecule has 2 aliphatic rings. The van der Waals surface area contributed by atoms with E-state index < -0.39 is 0 Å². The molecule has 1 saturated heterocycles. The number of likely N-dealkylation sites (tertiary alicyclic amines) is 1. The molecule has 1 unspecified atom stereocenters. The van der Waals surface area contributed by atoms with E-state index in [-0.39, 0.29) is 5.54 Å². The molecule has 1 atom stereocenters. The molecule has 19 heavy (non-hydrogen) atoms. The van der Waals surface area contributed by atoms with Crippen molar-refractivity contribution in [3.05, 3.63) is 35.4 Å². The maximum atomic E-state index is 6.18. The topological polar surface area (TPSA) is 32.5 Å². The van der Waals surface area contributed by atoms with Gasteiger partial charge in [0, 0.05) is 44.3 Å². The van der Waals surface area contributed by atoms with Gasteiger partial charge in [-0.2, -0.15) is 0 Å². The smallest absolute Gasteiger partial charge is 0.0477 e. The summed E-state index contributed by atoms with van der Waals surface area (Å²) in [4.78, 5) is 5.18. The predicted molar refractivity (Wildman–Crippen MR) is 78.8 cm³/mol. The molecule has 104 valence electrons. The minimum Gasteiger partial charge on any atom is -0.329 e. The summed E-state index contributed by atoms with van der Waals surface area (Å²) in [6.45, 7) is 9.77. The maximum absolute atomic E-state index is 6.18. The van der Waals surface area contributed by atoms with Crippen molar-refractivity contribution in [1.29, 1.82) is 0 Å². The van der Waals surface area contributed by atoms with E-state index in [1.54, 1.807) is 0 Å². The van der Waals surface area contributed by atoms with Gasteiger partial charge >= 0.3 is 0 Å². The second-order valence-electron chi connectivity index (χ2n) is 6.37. The van der Waals surface area contributed by atoms with Crippen LogP contribution in [0.5, 0.6) is 0 Å². The zero-order chi connectivity index (χ0) is 13.5. The van der Waals surface area contributed by atoms with Crippen molar-refractivity contribution in [1.82, 2.24) is 9.80 Å². The van der Waals surface area contributed by atoms with Crippen molar-refractivity contribution >= 4 is 0 Å². The number of fused-ring (bicyclic) bond motifs is 1. The first kappa shape index (κ1) is 13.1. The Morgan fingerprint density at radius 3 is 2.32 bits per heavy atom. The molecule has 1 aromatic carbocycles. The Hall–Kier alpha value is -0.900. The molecule has 0 spiro atoms. The molecular formula is C16H25N3. The molecule has 2 aliphatic heterocycles. The zero-order valence-electron chi connectivity index (χ0n) is 12.1. The van der Waals surface area contributed by atoms with Crippen molar-refractivity contribution < 1.29 is 0 Å². The van der Waals surface area contributed by atoms with Crippen LogP contribution >= 0.6 is 0 Å². The normalized spacial score (nSPS) is 28.2. The van der Waals surface area contributed by atoms with Crippen LogP contribution in [-0.4, -0.2) is 41.0 Å². The first-order chi connectivity index (χ1) is 9.14. The lowest BCUT2D eigenvalue weighted by atomic mass is 9.96. The first-order valence-corrected chi connectivity index (χ1v) is 7.40. The largest absolute Gasteiger partial charge is 0.329 e. The van der Waals surface area contributed by atoms with E-state index in [9.17, 15) is 0 Å². The minimum atomic E-state index is 0.184. The van der Waals surface area contributed by atoms with Crippen LogP contribution in [0.4, 0.5) is 0 Å². The number of hydrogen-bond donors (Lipinski definition) is 1. The van der Waals surface area contributed by atoms with Crippen LogP contribution in [0.2, 0.25) is 0 Å². The highest BCUT2D eigenvalue weighted by Gasteiger charge is 2.44. The van der Waals surface area contributed by atoms with Crippen molar-refractivity contribution in [3.8, 4) is 0 Å². The van der Waals surface area contributed by atoms with Crippen molar-refractivity contribution in [2.75, 3.05) is 19.6 Å². The number of rotatable bonds is 3. The highest BCUT2D eigenvalue weighted by Crippen LogP contribution is 2.35. The molecule has 3 rings (SSSR count). The lowest BCUT2D eigenvalue weighted by molar-refractivity contribution is 0.0917. The van der Waals surface area contributed by atoms with Gasteiger partial charge in [-0.05, 0) is 31.4 Å². The lowest BCUT2D eigenvalue weighted by Crippen LogP contribution is -2.53. The van der Waals surface area contributed by atoms with Gasteiger partial charge in [-0.1, -0.05) is 24.3 Å². The third kappa shape index (κ3) is 2.20. The fourth-order valence-corrected chi connectivity index (χ4v) is 3.55. The number of hydrogen-bond acceptors (Lipinski definition) is 3. The summed E-state index contributed by atoms with van der Waals surface area (Å²) in [5.41, 5.74) is 9.33. The van der Waals surface area contributed by atoms with Gasteiger partial charge in [0.05, 0.1) is 0 Å². The van der Waals surface area contributed by atoms with Gasteiger partial charge < -0.3 is 5.73 Å². The Labute approximate surface area is 116 Å². The fourth-order valence-electron chi connectivity index (χ4n) is 3.55. The average molecular weight is 259 g/mol. The Balaban J connectivity index is 1.79. The average Bonchev–Trinajstić information content (AvgIpc) is 3.03. The lowest BCUT2D eigenvalue weighted by Gasteiger charge is -2.38. The van der Waals surface area contributed by atoms with Crippen molar-refractivity contribution in [2.24, 2.45) is 5.73 Å². The van der Waals surface area contributed by atoms with Gasteiger partial charge in [0.25, 0.3) is 0 Å². The second-order valence-corrected chi connectivity index (χ2v) is 6.37. The highest BCUT2D eigenvalue weighted by molar-refractivity contribution is 5.31. The molecule has 2 heterocycles. The van der Waals surface area contributed by atoms with Gasteiger partial charge in [-0.15, -0.1) is 0 Å². The van der Waals surface area contributed by atoms with Crippen LogP contribution in [0.1, 0.15) is 31.4 Å². The molecule has 0 saturated carbocycles. The van der Waals surface area contributed by atoms with E-state index in [4.69, 9.17) is 5.73 Å². The van der Waals surface area contributed by atoms with Gasteiger partial charge in [0.15, 0.2) is 0 Å². The van der Waals surface area contributed by atoms with E-state index in [2.05, 4.69) is 47.9 Å². The van der Waals surface area contributed by atoms with Gasteiger partial charge in [0.2, 0.25) is 0 Å². The summed E-state index contributed by atoms with van der Waals surface area (Å²) >= 11 is 0. The quantitative estimate of drug-likeness (QED) is 0.898. The number of benzene rings is 1. The Morgan fingerprint density at radius 2 is 1.84 bits per heavy atom. The van der Waals surface area contributed by atoms with E-state index in [0.29, 0.717) is 6.04 Å². The molecule has 3 nitrogen and oxygen atoms in total. The number of nitrogens with zero attached hydrogens (tertiary/aromatic N) is 2. The minimum absolute atomic E-state index is 0.184. The van der Waals surface area contributed by atoms with E-state index in [1.807, 2.05) is 0 Å². The van der Waals surface area contributed by atoms with Crippen LogP contribution < -0.4 is 5.73 Å². The summed E-state index contributed by atoms with van der Waals surface area (Å²) in [6, 6.07) is 9.43. The summed E-state index contributed by atoms with van der Waals surface area (Å²) in [5.74, 6) is 0. The molecule has 0 aliphatic carbocycles. The van der Waals surface area contributed by atoms with Crippen molar-refractivity contribution in [2.45, 2.75) is 44.9 Å². The SMILES string of the molecule is CC(C)N1CCC(CN)(N2Cc3ccccc3C2)C1. The fraction of sp³-hybridized carbons (Fsp3) is 0.625. The number of nitrogens with two attached hydrogens (primary N) is 1. The van der Waals surface area contributed by atoms with Crippen LogP contribution in [0.15, 0.2) is 24.3 Å². The Morgan fingerprint density at radius 1 is 1.21 bits per heavy atom. The highest BCUT2D eigenvalue weighted by atomic mass is 15.3. The van der Waals surface area contributed by atoms with Crippen molar-refractivity contribution in [3.63, 3.8) is 0 Å². The first-order valence-electron chi connectivity index (χ1n) is 7.40. The third-order valence-electron chi connectivity index (χ3n) is 4.98. The third-order valence-corrected chi connectivity index (χ3v) is 4.98. The summed E-state index contributed by atoms with van der Waals surface area (Å²) in [5, 5.41) is 0. The van der Waals surface area contributed by atoms with E-state index >= 15 is 0 Å². The Kier molecular flexibility index (Phi) is 3.37. The monoisotopic (exact) mass is 259 g/mol. The molecule has 0 aromatic heterocycles. The van der Waals surface area contributed by atoms with Crippen LogP contribution in [0.3, 0.4) is 0 Å². The molecule has 1 aromatic rings. The molecule has 2 N–H and O–H groups in total. The second kappa shape index (κ2) is 4.89. The zero-order valence-corrected chi connectivity index (χ0v) is 12.1. The Bertz CT molecular complexity index is 432. The van der Waals surface area contributed by atoms with Gasteiger partial charge in [-0.25, -0.2) is 0 Å². The van der Waals surface area contributed by atoms with Crippen LogP contribution in [0.25, 0.3) is 0 Å². The summed E-state index contributed by atoms with van der Waals surface area (Å²) in [7, 11) is 0. The summed E-state index contributed by atoms with van der Waals surface area (Å²) in [6.07, 6.45) is 1.20. The molecule has 1 fully saturated rings. The van der Waals surface area contributed by atoms with Gasteiger partial charge in [0.1, 0.15) is 0 Å². The molecule has 0 bridgehead atoms. The molecule has 3 heteroatoms. The molecular weight excluding hydrogens is 234 g/mol. The maximum Gasteiger partial charge on any atom is 0.0477 e. The van der Waals surface area contributed by atoms with E-state index in [1.165, 1.54) is 24.1 Å². The van der Waals surface area contributed by atoms with Crippen LogP contribution in [-0.2, 0) is 13.1 Å². The molecule has 0 radical (unpaired) electrons. The van der Waals surface area contributed by atoms with Crippen LogP contribution in [0, 0.1) is 0 Å². The standard InChI is InChI=1S/C16H25N3/c1-13(2)18-8-7-16(11-17,12-18)19-9-14-5-3-4-6-15(14)10-19/h3-6,13H,7-12,17H2,1-2H3. The predicted octanol–water partition coefficient (Wildman–Crippen LogP) is 1.81. The summed E-state index contributed by atoms with van der Waals surface area (Å²) < 4.78 is 0. The molecule has 0 amide bonds.